The standard InChI is InChI=1S/C20H26ClN5O4.C19H25ClN4O3/c1-13-24-25(19(29)26(13,2)18(22)28)14-7-8-16(21)15(11-14)17(27)23-12-20(30)9-5-3-4-6-10-20;1-12-22-17(26)24(23-12)13-5-6-15(20)14(9-13)16(25)21-11-19(27)8-4-7-18(2,3)10-19/h7-8,11,30H,3-6,9-10,12H2,1-2H3,(H2-,22,23,27,28);5-6,9,27H,4,7-8,10-11H2,1-3H3,(H,21,25)(H,22,23,26)/p+1. The van der Waals surface area contributed by atoms with Gasteiger partial charge in [-0.25, -0.2) is 14.4 Å². The summed E-state index contributed by atoms with van der Waals surface area (Å²) in [7, 11) is 1.36. The number of primary amides is 1. The van der Waals surface area contributed by atoms with E-state index in [-0.39, 0.29) is 62.8 Å². The number of aromatic amines is 1. The van der Waals surface area contributed by atoms with Crippen LogP contribution in [0.4, 0.5) is 15.3 Å². The molecule has 6 amide bonds. The van der Waals surface area contributed by atoms with Crippen LogP contribution in [0.2, 0.25) is 10.0 Å². The lowest BCUT2D eigenvalue weighted by Crippen LogP contribution is -2.58. The molecule has 2 saturated carbocycles. The third kappa shape index (κ3) is 9.92. The molecule has 0 bridgehead atoms. The molecule has 2 aliphatic carbocycles. The number of hydrogen-bond acceptors (Lipinski definition) is 9. The molecule has 0 radical (unpaired) electrons. The van der Waals surface area contributed by atoms with Crippen molar-refractivity contribution in [3.05, 3.63) is 73.9 Å². The first-order valence-corrected chi connectivity index (χ1v) is 19.8. The number of anilines is 1. The van der Waals surface area contributed by atoms with Crippen LogP contribution in [0.15, 0.2) is 46.3 Å². The smallest absolute Gasteiger partial charge is 0.388 e. The minimum absolute atomic E-state index is 0.0499. The maximum absolute atomic E-state index is 12.8. The fourth-order valence-electron chi connectivity index (χ4n) is 7.63. The predicted octanol–water partition coefficient (Wildman–Crippen LogP) is 5.54. The first-order chi connectivity index (χ1) is 26.7. The van der Waals surface area contributed by atoms with Gasteiger partial charge >= 0.3 is 17.8 Å². The Morgan fingerprint density at radius 3 is 1.88 bits per heavy atom. The van der Waals surface area contributed by atoms with Gasteiger partial charge in [0, 0.05) is 20.0 Å². The van der Waals surface area contributed by atoms with Gasteiger partial charge in [0.25, 0.3) is 11.8 Å². The largest absolute Gasteiger partial charge is 0.459 e. The predicted molar refractivity (Wildman–Crippen MR) is 217 cm³/mol. The van der Waals surface area contributed by atoms with Gasteiger partial charge in [0.2, 0.25) is 5.84 Å². The summed E-state index contributed by atoms with van der Waals surface area (Å²) in [5.41, 5.74) is 4.31. The Morgan fingerprint density at radius 2 is 1.37 bits per heavy atom. The van der Waals surface area contributed by atoms with Gasteiger partial charge in [-0.05, 0) is 87.3 Å². The van der Waals surface area contributed by atoms with Crippen LogP contribution in [0.1, 0.15) is 112 Å². The average Bonchev–Trinajstić information content (AvgIpc) is 3.49. The number of hydrazone groups is 1. The third-order valence-electron chi connectivity index (χ3n) is 11.0. The number of amides is 6. The molecule has 308 valence electrons. The number of amidine groups is 1. The molecule has 3 aromatic rings. The van der Waals surface area contributed by atoms with E-state index in [2.05, 4.69) is 39.7 Å². The Labute approximate surface area is 341 Å². The molecular weight excluding hydrogens is 777 g/mol. The SMILES string of the molecule is CC1=NN(c2ccc(Cl)c(C(=O)NCC3(O)CCCCCC3)c2)C(=O)[N+]1(C)C(N)=O.Cc1nn(-c2ccc(Cl)c(C(=O)NCC3(O)CCCC(C)(C)C3)c2)c(=O)[nH]1. The lowest BCUT2D eigenvalue weighted by Gasteiger charge is -2.41. The Morgan fingerprint density at radius 1 is 0.842 bits per heavy atom. The highest BCUT2D eigenvalue weighted by Crippen LogP contribution is 2.40. The Bertz CT molecular complexity index is 2130. The van der Waals surface area contributed by atoms with Gasteiger partial charge in [0.15, 0.2) is 0 Å². The molecule has 16 nitrogen and oxygen atoms in total. The molecule has 7 N–H and O–H groups in total. The molecule has 3 aliphatic rings. The van der Waals surface area contributed by atoms with E-state index in [1.165, 1.54) is 42.9 Å². The normalized spacial score (nSPS) is 22.8. The van der Waals surface area contributed by atoms with E-state index in [9.17, 15) is 34.2 Å². The summed E-state index contributed by atoms with van der Waals surface area (Å²) in [5.74, 6) is -0.162. The zero-order chi connectivity index (χ0) is 41.9. The van der Waals surface area contributed by atoms with Gasteiger partial charge in [-0.3, -0.25) is 14.6 Å². The van der Waals surface area contributed by atoms with Crippen LogP contribution in [0, 0.1) is 12.3 Å². The van der Waals surface area contributed by atoms with Crippen molar-refractivity contribution in [2.45, 2.75) is 103 Å². The Kier molecular flexibility index (Phi) is 13.0. The van der Waals surface area contributed by atoms with Gasteiger partial charge in [-0.15, -0.1) is 14.6 Å². The number of carbonyl (C=O) groups is 4. The highest BCUT2D eigenvalue weighted by atomic mass is 35.5. The average molecular weight is 830 g/mol. The number of quaternary nitrogens is 1. The highest BCUT2D eigenvalue weighted by Gasteiger charge is 2.52. The molecule has 2 atom stereocenters. The van der Waals surface area contributed by atoms with Crippen molar-refractivity contribution in [3.63, 3.8) is 0 Å². The minimum Gasteiger partial charge on any atom is -0.388 e. The van der Waals surface area contributed by atoms with Crippen molar-refractivity contribution in [2.75, 3.05) is 25.1 Å². The number of aromatic nitrogens is 3. The zero-order valence-corrected chi connectivity index (χ0v) is 34.5. The number of carbonyl (C=O) groups excluding carboxylic acids is 4. The lowest BCUT2D eigenvalue weighted by atomic mass is 9.70. The van der Waals surface area contributed by atoms with Gasteiger partial charge < -0.3 is 26.6 Å². The van der Waals surface area contributed by atoms with Crippen molar-refractivity contribution >= 4 is 58.6 Å². The van der Waals surface area contributed by atoms with Crippen molar-refractivity contribution in [2.24, 2.45) is 16.3 Å². The van der Waals surface area contributed by atoms with Crippen LogP contribution >= 0.6 is 23.2 Å². The number of rotatable bonds is 8. The minimum atomic E-state index is -0.927. The van der Waals surface area contributed by atoms with E-state index in [1.54, 1.807) is 19.1 Å². The third-order valence-corrected chi connectivity index (χ3v) is 11.7. The summed E-state index contributed by atoms with van der Waals surface area (Å²) in [4.78, 5) is 64.5. The fourth-order valence-corrected chi connectivity index (χ4v) is 8.03. The second-order valence-electron chi connectivity index (χ2n) is 16.3. The number of nitrogens with two attached hydrogens (primary N) is 1. The number of benzene rings is 2. The van der Waals surface area contributed by atoms with E-state index >= 15 is 0 Å². The van der Waals surface area contributed by atoms with Crippen LogP contribution in [-0.4, -0.2) is 90.5 Å². The molecule has 0 spiro atoms. The van der Waals surface area contributed by atoms with Crippen LogP contribution in [0.5, 0.6) is 0 Å². The zero-order valence-electron chi connectivity index (χ0n) is 33.0. The summed E-state index contributed by atoms with van der Waals surface area (Å²) in [5, 5.41) is 36.9. The van der Waals surface area contributed by atoms with Gasteiger partial charge in [-0.2, -0.15) is 9.78 Å². The first-order valence-electron chi connectivity index (χ1n) is 19.0. The second kappa shape index (κ2) is 17.1. The number of halogens is 2. The van der Waals surface area contributed by atoms with Crippen LogP contribution in [0.25, 0.3) is 5.69 Å². The highest BCUT2D eigenvalue weighted by molar-refractivity contribution is 6.34. The lowest BCUT2D eigenvalue weighted by molar-refractivity contribution is -0.637. The molecule has 2 unspecified atom stereocenters. The van der Waals surface area contributed by atoms with Crippen LogP contribution in [0.3, 0.4) is 0 Å². The van der Waals surface area contributed by atoms with Crippen molar-refractivity contribution in [1.29, 1.82) is 0 Å². The first kappa shape index (κ1) is 43.5. The number of aliphatic hydroxyl groups is 2. The van der Waals surface area contributed by atoms with Crippen LogP contribution < -0.4 is 27.1 Å². The topological polar surface area (TPSA) is 225 Å². The Hall–Kier alpha value is -4.61. The molecule has 18 heteroatoms. The molecular formula is C39H52Cl2N9O7+. The van der Waals surface area contributed by atoms with E-state index < -0.39 is 33.7 Å². The van der Waals surface area contributed by atoms with Gasteiger partial charge in [-0.1, -0.05) is 62.7 Å². The van der Waals surface area contributed by atoms with Crippen LogP contribution in [-0.2, 0) is 0 Å². The summed E-state index contributed by atoms with van der Waals surface area (Å²) in [6.07, 6.45) is 8.57. The van der Waals surface area contributed by atoms with Gasteiger partial charge in [0.05, 0.1) is 50.8 Å². The summed E-state index contributed by atoms with van der Waals surface area (Å²) < 4.78 is 0.400. The Balaban J connectivity index is 0.000000219. The van der Waals surface area contributed by atoms with Crippen molar-refractivity contribution in [3.8, 4) is 5.69 Å². The number of imide groups is 1. The summed E-state index contributed by atoms with van der Waals surface area (Å²) >= 11 is 12.4. The molecule has 6 rings (SSSR count). The fraction of sp³-hybridized carbons (Fsp3) is 0.513. The number of H-pyrrole nitrogens is 1. The summed E-state index contributed by atoms with van der Waals surface area (Å²) in [6, 6.07) is 7.64. The van der Waals surface area contributed by atoms with Crippen molar-refractivity contribution in [1.82, 2.24) is 25.4 Å². The number of nitrogens with one attached hydrogen (secondary N) is 3. The number of aryl methyl sites for hydroxylation is 1. The second-order valence-corrected chi connectivity index (χ2v) is 17.1. The molecule has 2 heterocycles. The maximum atomic E-state index is 12.8. The molecule has 2 aromatic carbocycles. The molecule has 1 aromatic heterocycles. The number of urea groups is 2. The van der Waals surface area contributed by atoms with E-state index in [0.29, 0.717) is 37.2 Å². The van der Waals surface area contributed by atoms with E-state index in [0.717, 1.165) is 43.5 Å². The summed E-state index contributed by atoms with van der Waals surface area (Å²) in [6.45, 7) is 7.75. The molecule has 0 saturated heterocycles. The number of hydrogen-bond donors (Lipinski definition) is 6. The molecule has 1 aliphatic heterocycles. The van der Waals surface area contributed by atoms with E-state index in [4.69, 9.17) is 28.9 Å². The molecule has 57 heavy (non-hydrogen) atoms. The quantitative estimate of drug-likeness (QED) is 0.125. The number of nitrogens with zero attached hydrogens (tertiary/aromatic N) is 5. The molecule has 2 fully saturated rings. The maximum Gasteiger partial charge on any atom is 0.459 e. The van der Waals surface area contributed by atoms with E-state index in [1.807, 2.05) is 0 Å². The monoisotopic (exact) mass is 828 g/mol. The van der Waals surface area contributed by atoms with Crippen molar-refractivity contribution < 1.29 is 33.9 Å². The van der Waals surface area contributed by atoms with Gasteiger partial charge in [0.1, 0.15) is 5.82 Å².